The Balaban J connectivity index is 2.44. The number of methoxy groups -OCH3 is 3. The third-order valence-corrected chi connectivity index (χ3v) is 5.71. The summed E-state index contributed by atoms with van der Waals surface area (Å²) in [6.07, 6.45) is 8.86. The van der Waals surface area contributed by atoms with Gasteiger partial charge in [0.15, 0.2) is 12.6 Å². The largest absolute Gasteiger partial charge is 0.389 e. The van der Waals surface area contributed by atoms with E-state index < -0.39 is 18.7 Å². The van der Waals surface area contributed by atoms with E-state index in [1.807, 2.05) is 32.1 Å². The third kappa shape index (κ3) is 5.65. The Bertz CT molecular complexity index is 631. The minimum Gasteiger partial charge on any atom is -0.389 e. The van der Waals surface area contributed by atoms with Gasteiger partial charge < -0.3 is 24.1 Å². The van der Waals surface area contributed by atoms with E-state index >= 15 is 0 Å². The Kier molecular flexibility index (Phi) is 8.22. The van der Waals surface area contributed by atoms with Crippen LogP contribution in [-0.4, -0.2) is 50.7 Å². The quantitative estimate of drug-likeness (QED) is 0.713. The lowest BCUT2D eigenvalue weighted by molar-refractivity contribution is -0.256. The second-order valence-electron chi connectivity index (χ2n) is 8.25. The zero-order valence-electron chi connectivity index (χ0n) is 18.1. The van der Waals surface area contributed by atoms with Crippen molar-refractivity contribution in [1.29, 1.82) is 0 Å². The van der Waals surface area contributed by atoms with Gasteiger partial charge in [0.25, 0.3) is 0 Å². The predicted octanol–water partition coefficient (Wildman–Crippen LogP) is 4.15. The maximum atomic E-state index is 10.4. The van der Waals surface area contributed by atoms with Gasteiger partial charge in [-0.25, -0.2) is 0 Å². The van der Waals surface area contributed by atoms with Crippen molar-refractivity contribution < 1.29 is 24.1 Å². The fourth-order valence-electron chi connectivity index (χ4n) is 3.99. The predicted molar refractivity (Wildman–Crippen MR) is 111 cm³/mol. The van der Waals surface area contributed by atoms with Crippen LogP contribution in [0.2, 0.25) is 0 Å². The molecular weight excluding hydrogens is 356 g/mol. The van der Waals surface area contributed by atoms with Crippen LogP contribution in [0, 0.1) is 11.8 Å². The standard InChI is InChI=1S/C23H36O5/c1-15-10-11-18-19(9-8-12-23(3,4)27-7)21(25-5)28-22(26-6)20(18)16(2)14-17(24)13-15/h8-9,12-13,17-18,20-22,24H,2,10-11,14H2,1,3-7H3/b12-8+,15-13+,19-9-/t17-,18-,20+,21+,22+/m1/s1. The zero-order valence-corrected chi connectivity index (χ0v) is 18.1. The number of aliphatic hydroxyl groups is 1. The van der Waals surface area contributed by atoms with Crippen LogP contribution in [0.3, 0.4) is 0 Å². The molecular formula is C23H36O5. The molecule has 28 heavy (non-hydrogen) atoms. The van der Waals surface area contributed by atoms with Crippen molar-refractivity contribution in [2.75, 3.05) is 21.3 Å². The van der Waals surface area contributed by atoms with Crippen molar-refractivity contribution >= 4 is 0 Å². The third-order valence-electron chi connectivity index (χ3n) is 5.71. The van der Waals surface area contributed by atoms with E-state index in [1.165, 1.54) is 5.57 Å². The normalized spacial score (nSPS) is 35.8. The number of aliphatic hydroxyl groups excluding tert-OH is 1. The summed E-state index contributed by atoms with van der Waals surface area (Å²) in [6.45, 7) is 10.4. The minimum absolute atomic E-state index is 0.0413. The van der Waals surface area contributed by atoms with Gasteiger partial charge >= 0.3 is 0 Å². The van der Waals surface area contributed by atoms with Crippen molar-refractivity contribution in [1.82, 2.24) is 0 Å². The Morgan fingerprint density at radius 1 is 1.25 bits per heavy atom. The summed E-state index contributed by atoms with van der Waals surface area (Å²) >= 11 is 0. The Hall–Kier alpha value is -1.24. The average molecular weight is 393 g/mol. The highest BCUT2D eigenvalue weighted by molar-refractivity contribution is 5.27. The first-order chi connectivity index (χ1) is 13.2. The number of fused-ring (bicyclic) bond motifs is 1. The molecule has 0 spiro atoms. The zero-order chi connectivity index (χ0) is 20.9. The van der Waals surface area contributed by atoms with Crippen molar-refractivity contribution in [3.63, 3.8) is 0 Å². The lowest BCUT2D eigenvalue weighted by Gasteiger charge is -2.43. The van der Waals surface area contributed by atoms with E-state index in [0.29, 0.717) is 6.42 Å². The van der Waals surface area contributed by atoms with Crippen LogP contribution < -0.4 is 0 Å². The number of allylic oxidation sites excluding steroid dienone is 3. The number of ether oxygens (including phenoxy) is 4. The van der Waals surface area contributed by atoms with Crippen molar-refractivity contribution in [3.05, 3.63) is 47.6 Å². The second-order valence-corrected chi connectivity index (χ2v) is 8.25. The minimum atomic E-state index is -0.529. The first kappa shape index (κ1) is 23.0. The molecule has 0 saturated carbocycles. The summed E-state index contributed by atoms with van der Waals surface area (Å²) in [5, 5.41) is 10.4. The molecule has 5 atom stereocenters. The molecule has 0 aromatic carbocycles. The SMILES string of the molecule is C=C1C[C@H](O)/C=C(\C)CC[C@@H]2/C(=C/C=C/C(C)(C)OC)[C@@H](OC)O[C@H](OC)[C@@H]12. The lowest BCUT2D eigenvalue weighted by Crippen LogP contribution is -2.45. The van der Waals surface area contributed by atoms with Gasteiger partial charge in [0.2, 0.25) is 0 Å². The highest BCUT2D eigenvalue weighted by Gasteiger charge is 2.43. The Morgan fingerprint density at radius 3 is 2.57 bits per heavy atom. The Labute approximate surface area is 169 Å². The molecule has 1 heterocycles. The van der Waals surface area contributed by atoms with Gasteiger partial charge in [-0.2, -0.15) is 0 Å². The van der Waals surface area contributed by atoms with Gasteiger partial charge in [0.1, 0.15) is 0 Å². The molecule has 2 rings (SSSR count). The van der Waals surface area contributed by atoms with Crippen molar-refractivity contribution in [2.45, 2.75) is 64.3 Å². The molecule has 1 fully saturated rings. The van der Waals surface area contributed by atoms with Crippen molar-refractivity contribution in [2.24, 2.45) is 11.8 Å². The molecule has 5 heteroatoms. The van der Waals surface area contributed by atoms with E-state index in [1.54, 1.807) is 21.3 Å². The van der Waals surface area contributed by atoms with Gasteiger partial charge in [-0.3, -0.25) is 0 Å². The van der Waals surface area contributed by atoms with Gasteiger partial charge in [-0.05, 0) is 51.5 Å². The molecule has 0 bridgehead atoms. The summed E-state index contributed by atoms with van der Waals surface area (Å²) < 4.78 is 22.9. The van der Waals surface area contributed by atoms with E-state index in [9.17, 15) is 5.11 Å². The molecule has 1 saturated heterocycles. The van der Waals surface area contributed by atoms with E-state index in [2.05, 4.69) is 19.6 Å². The summed E-state index contributed by atoms with van der Waals surface area (Å²) in [4.78, 5) is 0. The maximum Gasteiger partial charge on any atom is 0.183 e. The van der Waals surface area contributed by atoms with Crippen molar-refractivity contribution in [3.8, 4) is 0 Å². The molecule has 5 nitrogen and oxygen atoms in total. The molecule has 0 aromatic heterocycles. The number of hydrogen-bond acceptors (Lipinski definition) is 5. The first-order valence-corrected chi connectivity index (χ1v) is 9.91. The van der Waals surface area contributed by atoms with E-state index in [-0.39, 0.29) is 17.4 Å². The summed E-state index contributed by atoms with van der Waals surface area (Å²) in [6, 6.07) is 0. The van der Waals surface area contributed by atoms with Crippen LogP contribution >= 0.6 is 0 Å². The summed E-state index contributed by atoms with van der Waals surface area (Å²) in [5.74, 6) is 0.112. The van der Waals surface area contributed by atoms with Crippen LogP contribution in [-0.2, 0) is 18.9 Å². The summed E-state index contributed by atoms with van der Waals surface area (Å²) in [7, 11) is 4.98. The molecule has 0 aromatic rings. The van der Waals surface area contributed by atoms with E-state index in [0.717, 1.165) is 24.0 Å². The molecule has 0 radical (unpaired) electrons. The summed E-state index contributed by atoms with van der Waals surface area (Å²) in [5.41, 5.74) is 2.84. The molecule has 0 amide bonds. The average Bonchev–Trinajstić information content (AvgIpc) is 2.70. The molecule has 1 N–H and O–H groups in total. The molecule has 1 aliphatic carbocycles. The molecule has 158 valence electrons. The fourth-order valence-corrected chi connectivity index (χ4v) is 3.99. The van der Waals surface area contributed by atoms with Crippen LogP contribution in [0.5, 0.6) is 0 Å². The molecule has 1 aliphatic heterocycles. The second kappa shape index (κ2) is 9.99. The fraction of sp³-hybridized carbons (Fsp3) is 0.652. The highest BCUT2D eigenvalue weighted by Crippen LogP contribution is 2.44. The topological polar surface area (TPSA) is 57.2 Å². The van der Waals surface area contributed by atoms with Gasteiger partial charge in [-0.1, -0.05) is 42.0 Å². The van der Waals surface area contributed by atoms with Crippen LogP contribution in [0.4, 0.5) is 0 Å². The Morgan fingerprint density at radius 2 is 1.96 bits per heavy atom. The lowest BCUT2D eigenvalue weighted by atomic mass is 9.75. The van der Waals surface area contributed by atoms with Gasteiger partial charge in [-0.15, -0.1) is 0 Å². The maximum absolute atomic E-state index is 10.4. The smallest absolute Gasteiger partial charge is 0.183 e. The van der Waals surface area contributed by atoms with Crippen LogP contribution in [0.25, 0.3) is 0 Å². The first-order valence-electron chi connectivity index (χ1n) is 9.91. The van der Waals surface area contributed by atoms with Crippen LogP contribution in [0.15, 0.2) is 47.6 Å². The molecule has 0 unspecified atom stereocenters. The number of rotatable bonds is 5. The van der Waals surface area contributed by atoms with Crippen LogP contribution in [0.1, 0.15) is 40.0 Å². The monoisotopic (exact) mass is 392 g/mol. The number of hydrogen-bond donors (Lipinski definition) is 1. The van der Waals surface area contributed by atoms with Gasteiger partial charge in [0, 0.05) is 27.2 Å². The molecule has 2 aliphatic rings. The van der Waals surface area contributed by atoms with E-state index in [4.69, 9.17) is 18.9 Å². The highest BCUT2D eigenvalue weighted by atomic mass is 16.8. The van der Waals surface area contributed by atoms with Gasteiger partial charge in [0.05, 0.1) is 11.7 Å².